The maximum Gasteiger partial charge on any atom is 0.263 e. The molecule has 1 amide bonds. The summed E-state index contributed by atoms with van der Waals surface area (Å²) in [4.78, 5) is 17.3. The zero-order valence-corrected chi connectivity index (χ0v) is 14.8. The van der Waals surface area contributed by atoms with Crippen LogP contribution in [0.2, 0.25) is 0 Å². The number of nitrogens with one attached hydrogen (secondary N) is 2. The smallest absolute Gasteiger partial charge is 0.263 e. The molecule has 1 aromatic heterocycles. The van der Waals surface area contributed by atoms with Crippen molar-refractivity contribution in [1.82, 2.24) is 10.3 Å². The van der Waals surface area contributed by atoms with Crippen LogP contribution in [0.15, 0.2) is 24.3 Å². The highest BCUT2D eigenvalue weighted by molar-refractivity contribution is 7.17. The molecule has 0 unspecified atom stereocenters. The number of rotatable bonds is 7. The Kier molecular flexibility index (Phi) is 5.98. The summed E-state index contributed by atoms with van der Waals surface area (Å²) in [6, 6.07) is 8.16. The molecule has 0 aliphatic heterocycles. The van der Waals surface area contributed by atoms with E-state index in [1.165, 1.54) is 11.3 Å². The topological polar surface area (TPSA) is 63.2 Å². The van der Waals surface area contributed by atoms with Crippen molar-refractivity contribution in [2.75, 3.05) is 19.0 Å². The SMILES string of the molecule is COc1ccc(CCNC(=O)c2sc(NC(C)C)nc2C)cc1. The van der Waals surface area contributed by atoms with Crippen molar-refractivity contribution >= 4 is 22.4 Å². The van der Waals surface area contributed by atoms with Gasteiger partial charge in [-0.2, -0.15) is 0 Å². The highest BCUT2D eigenvalue weighted by Gasteiger charge is 2.15. The van der Waals surface area contributed by atoms with Gasteiger partial charge in [0.2, 0.25) is 0 Å². The Balaban J connectivity index is 1.87. The summed E-state index contributed by atoms with van der Waals surface area (Å²) in [5, 5.41) is 6.97. The van der Waals surface area contributed by atoms with Gasteiger partial charge in [-0.15, -0.1) is 0 Å². The van der Waals surface area contributed by atoms with Crippen molar-refractivity contribution < 1.29 is 9.53 Å². The number of carbonyl (C=O) groups excluding carboxylic acids is 1. The molecule has 2 N–H and O–H groups in total. The van der Waals surface area contributed by atoms with Crippen LogP contribution in [0.4, 0.5) is 5.13 Å². The van der Waals surface area contributed by atoms with Crippen molar-refractivity contribution in [3.05, 3.63) is 40.4 Å². The molecule has 2 rings (SSSR count). The highest BCUT2D eigenvalue weighted by Crippen LogP contribution is 2.23. The quantitative estimate of drug-likeness (QED) is 0.816. The molecule has 0 aliphatic rings. The first kappa shape index (κ1) is 17.3. The number of carbonyl (C=O) groups is 1. The molecule has 0 saturated carbocycles. The van der Waals surface area contributed by atoms with E-state index in [0.717, 1.165) is 28.6 Å². The number of nitrogens with zero attached hydrogens (tertiary/aromatic N) is 1. The fraction of sp³-hybridized carbons (Fsp3) is 0.412. The summed E-state index contributed by atoms with van der Waals surface area (Å²) < 4.78 is 5.13. The predicted octanol–water partition coefficient (Wildman–Crippen LogP) is 3.25. The first-order valence-corrected chi connectivity index (χ1v) is 8.46. The van der Waals surface area contributed by atoms with E-state index in [4.69, 9.17) is 4.74 Å². The summed E-state index contributed by atoms with van der Waals surface area (Å²) in [5.41, 5.74) is 1.93. The van der Waals surface area contributed by atoms with Crippen LogP contribution in [-0.2, 0) is 6.42 Å². The van der Waals surface area contributed by atoms with Gasteiger partial charge in [0, 0.05) is 12.6 Å². The second-order valence-electron chi connectivity index (χ2n) is 5.59. The average molecular weight is 333 g/mol. The number of aromatic nitrogens is 1. The van der Waals surface area contributed by atoms with Gasteiger partial charge >= 0.3 is 0 Å². The highest BCUT2D eigenvalue weighted by atomic mass is 32.1. The molecule has 0 spiro atoms. The third kappa shape index (κ3) is 4.96. The predicted molar refractivity (Wildman–Crippen MR) is 94.6 cm³/mol. The first-order valence-electron chi connectivity index (χ1n) is 7.64. The van der Waals surface area contributed by atoms with Gasteiger partial charge < -0.3 is 15.4 Å². The molecule has 0 aliphatic carbocycles. The summed E-state index contributed by atoms with van der Waals surface area (Å²) >= 11 is 1.40. The Morgan fingerprint density at radius 1 is 1.30 bits per heavy atom. The van der Waals surface area contributed by atoms with Gasteiger partial charge in [-0.3, -0.25) is 4.79 Å². The minimum Gasteiger partial charge on any atom is -0.497 e. The van der Waals surface area contributed by atoms with Crippen LogP contribution >= 0.6 is 11.3 Å². The number of aryl methyl sites for hydroxylation is 1. The fourth-order valence-corrected chi connectivity index (χ4v) is 3.14. The molecule has 0 fully saturated rings. The van der Waals surface area contributed by atoms with Crippen LogP contribution in [0.3, 0.4) is 0 Å². The summed E-state index contributed by atoms with van der Waals surface area (Å²) in [6.45, 7) is 6.55. The van der Waals surface area contributed by atoms with E-state index in [2.05, 4.69) is 15.6 Å². The standard InChI is InChI=1S/C17H23N3O2S/c1-11(2)19-17-20-12(3)15(23-17)16(21)18-10-9-13-5-7-14(22-4)8-6-13/h5-8,11H,9-10H2,1-4H3,(H,18,21)(H,19,20). The van der Waals surface area contributed by atoms with E-state index >= 15 is 0 Å². The molecular weight excluding hydrogens is 310 g/mol. The van der Waals surface area contributed by atoms with Gasteiger partial charge in [0.1, 0.15) is 10.6 Å². The Labute approximate surface area is 141 Å². The van der Waals surface area contributed by atoms with Crippen LogP contribution in [0.5, 0.6) is 5.75 Å². The first-order chi connectivity index (χ1) is 11.0. The third-order valence-electron chi connectivity index (χ3n) is 3.27. The van der Waals surface area contributed by atoms with Gasteiger partial charge in [-0.05, 0) is 44.9 Å². The molecule has 124 valence electrons. The lowest BCUT2D eigenvalue weighted by molar-refractivity contribution is 0.0957. The Morgan fingerprint density at radius 2 is 2.00 bits per heavy atom. The van der Waals surface area contributed by atoms with Gasteiger partial charge in [-0.1, -0.05) is 23.5 Å². The molecule has 0 bridgehead atoms. The number of thiazole rings is 1. The average Bonchev–Trinajstić information content (AvgIpc) is 2.87. The van der Waals surface area contributed by atoms with Crippen LogP contribution in [0.25, 0.3) is 0 Å². The number of ether oxygens (including phenoxy) is 1. The second kappa shape index (κ2) is 7.97. The van der Waals surface area contributed by atoms with Gasteiger partial charge in [0.25, 0.3) is 5.91 Å². The lowest BCUT2D eigenvalue weighted by atomic mass is 10.1. The number of benzene rings is 1. The number of anilines is 1. The number of methoxy groups -OCH3 is 1. The Hall–Kier alpha value is -2.08. The van der Waals surface area contributed by atoms with Crippen LogP contribution in [-0.4, -0.2) is 30.6 Å². The van der Waals surface area contributed by atoms with E-state index < -0.39 is 0 Å². The molecule has 0 saturated heterocycles. The molecule has 0 radical (unpaired) electrons. The largest absolute Gasteiger partial charge is 0.497 e. The van der Waals surface area contributed by atoms with Crippen molar-refractivity contribution in [3.8, 4) is 5.75 Å². The van der Waals surface area contributed by atoms with Crippen LogP contribution in [0, 0.1) is 6.92 Å². The second-order valence-corrected chi connectivity index (χ2v) is 6.59. The molecule has 6 heteroatoms. The van der Waals surface area contributed by atoms with Crippen molar-refractivity contribution in [2.24, 2.45) is 0 Å². The van der Waals surface area contributed by atoms with Crippen molar-refractivity contribution in [3.63, 3.8) is 0 Å². The van der Waals surface area contributed by atoms with Gasteiger partial charge in [0.15, 0.2) is 5.13 Å². The molecule has 1 aromatic carbocycles. The fourth-order valence-electron chi connectivity index (χ4n) is 2.11. The van der Waals surface area contributed by atoms with Gasteiger partial charge in [-0.25, -0.2) is 4.98 Å². The maximum atomic E-state index is 12.3. The lowest BCUT2D eigenvalue weighted by Gasteiger charge is -2.06. The molecule has 2 aromatic rings. The van der Waals surface area contributed by atoms with E-state index in [-0.39, 0.29) is 5.91 Å². The number of hydrogen-bond donors (Lipinski definition) is 2. The number of amides is 1. The molecule has 1 heterocycles. The number of hydrogen-bond acceptors (Lipinski definition) is 5. The Morgan fingerprint density at radius 3 is 2.61 bits per heavy atom. The minimum atomic E-state index is -0.0645. The monoisotopic (exact) mass is 333 g/mol. The summed E-state index contributed by atoms with van der Waals surface area (Å²) in [6.07, 6.45) is 0.782. The third-order valence-corrected chi connectivity index (χ3v) is 4.36. The lowest BCUT2D eigenvalue weighted by Crippen LogP contribution is -2.25. The van der Waals surface area contributed by atoms with E-state index in [9.17, 15) is 4.79 Å². The van der Waals surface area contributed by atoms with E-state index in [1.54, 1.807) is 7.11 Å². The molecule has 0 atom stereocenters. The zero-order chi connectivity index (χ0) is 16.8. The minimum absolute atomic E-state index is 0.0645. The molecule has 5 nitrogen and oxygen atoms in total. The zero-order valence-electron chi connectivity index (χ0n) is 14.0. The maximum absolute atomic E-state index is 12.3. The summed E-state index contributed by atoms with van der Waals surface area (Å²) in [5.74, 6) is 0.772. The summed E-state index contributed by atoms with van der Waals surface area (Å²) in [7, 11) is 1.65. The van der Waals surface area contributed by atoms with Crippen molar-refractivity contribution in [2.45, 2.75) is 33.2 Å². The van der Waals surface area contributed by atoms with Gasteiger partial charge in [0.05, 0.1) is 12.8 Å². The van der Waals surface area contributed by atoms with Crippen LogP contribution < -0.4 is 15.4 Å². The van der Waals surface area contributed by atoms with E-state index in [1.807, 2.05) is 45.0 Å². The van der Waals surface area contributed by atoms with Crippen molar-refractivity contribution in [1.29, 1.82) is 0 Å². The molecular formula is C17H23N3O2S. The van der Waals surface area contributed by atoms with Crippen LogP contribution in [0.1, 0.15) is 34.8 Å². The molecule has 23 heavy (non-hydrogen) atoms. The Bertz CT molecular complexity index is 650. The van der Waals surface area contributed by atoms with E-state index in [0.29, 0.717) is 17.5 Å². The normalized spacial score (nSPS) is 10.7.